The van der Waals surface area contributed by atoms with E-state index in [4.69, 9.17) is 0 Å². The molecule has 0 unspecified atom stereocenters. The molecule has 2 atom stereocenters. The molecule has 1 N–H and O–H groups in total. The summed E-state index contributed by atoms with van der Waals surface area (Å²) in [5.74, 6) is -0.0541. The minimum atomic E-state index is -0.790. The first-order valence-corrected chi connectivity index (χ1v) is 8.24. The fourth-order valence-electron chi connectivity index (χ4n) is 3.52. The van der Waals surface area contributed by atoms with E-state index in [0.29, 0.717) is 30.4 Å². The smallest absolute Gasteiger partial charge is 0.308 e. The number of aryl methyl sites for hydroxylation is 1. The minimum Gasteiger partial charge on any atom is -0.481 e. The molecule has 0 radical (unpaired) electrons. The van der Waals surface area contributed by atoms with Crippen LogP contribution in [0.2, 0.25) is 0 Å². The topological polar surface area (TPSA) is 83.4 Å². The van der Waals surface area contributed by atoms with Gasteiger partial charge in [-0.1, -0.05) is 13.8 Å². The number of carbonyl (C=O) groups is 2. The standard InChI is InChI=1S/C17H23N3O3/c1-9(2)15-12(6-18-10(3)19-15)16(21)20-7-13(11-4-5-11)14(8-20)17(22)23/h6,9,11,13-14H,4-5,7-8H2,1-3H3,(H,22,23)/t13-,14+/m1/s1. The second kappa shape index (κ2) is 5.91. The van der Waals surface area contributed by atoms with Crippen molar-refractivity contribution in [1.82, 2.24) is 14.9 Å². The van der Waals surface area contributed by atoms with Gasteiger partial charge in [-0.05, 0) is 37.5 Å². The summed E-state index contributed by atoms with van der Waals surface area (Å²) in [5.41, 5.74) is 1.25. The highest BCUT2D eigenvalue weighted by molar-refractivity contribution is 5.95. The number of aromatic nitrogens is 2. The third-order valence-corrected chi connectivity index (χ3v) is 4.91. The van der Waals surface area contributed by atoms with Gasteiger partial charge < -0.3 is 10.0 Å². The van der Waals surface area contributed by atoms with E-state index in [2.05, 4.69) is 9.97 Å². The molecule has 1 aliphatic heterocycles. The van der Waals surface area contributed by atoms with E-state index in [0.717, 1.165) is 18.5 Å². The van der Waals surface area contributed by atoms with Gasteiger partial charge in [0.1, 0.15) is 5.82 Å². The molecule has 1 aromatic heterocycles. The average molecular weight is 317 g/mol. The van der Waals surface area contributed by atoms with E-state index in [1.807, 2.05) is 13.8 Å². The number of aliphatic carboxylic acids is 1. The average Bonchev–Trinajstić information content (AvgIpc) is 3.24. The summed E-state index contributed by atoms with van der Waals surface area (Å²) >= 11 is 0. The molecule has 0 bridgehead atoms. The second-order valence-electron chi connectivity index (χ2n) is 7.03. The Labute approximate surface area is 135 Å². The molecular formula is C17H23N3O3. The van der Waals surface area contributed by atoms with Crippen molar-refractivity contribution in [3.8, 4) is 0 Å². The van der Waals surface area contributed by atoms with E-state index in [1.54, 1.807) is 18.0 Å². The maximum Gasteiger partial charge on any atom is 0.308 e. The highest BCUT2D eigenvalue weighted by Crippen LogP contribution is 2.44. The number of nitrogens with zero attached hydrogens (tertiary/aromatic N) is 3. The van der Waals surface area contributed by atoms with Crippen LogP contribution in [0.1, 0.15) is 54.5 Å². The van der Waals surface area contributed by atoms with Gasteiger partial charge in [-0.15, -0.1) is 0 Å². The number of carboxylic acids is 1. The third kappa shape index (κ3) is 3.07. The zero-order valence-electron chi connectivity index (χ0n) is 13.8. The Morgan fingerprint density at radius 3 is 2.57 bits per heavy atom. The number of hydrogen-bond acceptors (Lipinski definition) is 4. The summed E-state index contributed by atoms with van der Waals surface area (Å²) in [6.07, 6.45) is 3.75. The molecule has 1 aromatic rings. The van der Waals surface area contributed by atoms with E-state index in [1.165, 1.54) is 0 Å². The number of carboxylic acid groups (broad SMARTS) is 1. The van der Waals surface area contributed by atoms with Crippen molar-refractivity contribution in [3.05, 3.63) is 23.3 Å². The number of rotatable bonds is 4. The molecule has 2 fully saturated rings. The lowest BCUT2D eigenvalue weighted by atomic mass is 9.92. The summed E-state index contributed by atoms with van der Waals surface area (Å²) < 4.78 is 0. The Balaban J connectivity index is 1.85. The van der Waals surface area contributed by atoms with Crippen LogP contribution in [0.5, 0.6) is 0 Å². The Bertz CT molecular complexity index is 640. The first kappa shape index (κ1) is 15.9. The van der Waals surface area contributed by atoms with Gasteiger partial charge in [-0.2, -0.15) is 0 Å². The summed E-state index contributed by atoms with van der Waals surface area (Å²) in [4.78, 5) is 34.7. The van der Waals surface area contributed by atoms with Gasteiger partial charge in [0.2, 0.25) is 0 Å². The quantitative estimate of drug-likeness (QED) is 0.919. The number of hydrogen-bond donors (Lipinski definition) is 1. The van der Waals surface area contributed by atoms with Crippen LogP contribution in [0.3, 0.4) is 0 Å². The second-order valence-corrected chi connectivity index (χ2v) is 7.03. The summed E-state index contributed by atoms with van der Waals surface area (Å²) in [6.45, 7) is 6.62. The fraction of sp³-hybridized carbons (Fsp3) is 0.647. The van der Waals surface area contributed by atoms with Crippen LogP contribution in [0.25, 0.3) is 0 Å². The Morgan fingerprint density at radius 2 is 2.00 bits per heavy atom. The normalized spacial score (nSPS) is 24.3. The monoisotopic (exact) mass is 317 g/mol. The summed E-state index contributed by atoms with van der Waals surface area (Å²) in [5, 5.41) is 9.45. The molecular weight excluding hydrogens is 294 g/mol. The van der Waals surface area contributed by atoms with Crippen LogP contribution >= 0.6 is 0 Å². The van der Waals surface area contributed by atoms with Crippen molar-refractivity contribution in [1.29, 1.82) is 0 Å². The molecule has 6 nitrogen and oxygen atoms in total. The third-order valence-electron chi connectivity index (χ3n) is 4.91. The minimum absolute atomic E-state index is 0.0883. The van der Waals surface area contributed by atoms with Crippen LogP contribution in [0, 0.1) is 24.7 Å². The molecule has 3 rings (SSSR count). The molecule has 1 amide bonds. The number of carbonyl (C=O) groups excluding carboxylic acids is 1. The molecule has 6 heteroatoms. The van der Waals surface area contributed by atoms with Crippen LogP contribution in [0.15, 0.2) is 6.20 Å². The van der Waals surface area contributed by atoms with Crippen molar-refractivity contribution in [2.24, 2.45) is 17.8 Å². The van der Waals surface area contributed by atoms with Crippen molar-refractivity contribution in [2.75, 3.05) is 13.1 Å². The van der Waals surface area contributed by atoms with Gasteiger partial charge >= 0.3 is 5.97 Å². The Kier molecular flexibility index (Phi) is 4.08. The maximum atomic E-state index is 12.9. The summed E-state index contributed by atoms with van der Waals surface area (Å²) in [6, 6.07) is 0. The lowest BCUT2D eigenvalue weighted by molar-refractivity contribution is -0.142. The van der Waals surface area contributed by atoms with Crippen molar-refractivity contribution in [3.63, 3.8) is 0 Å². The summed E-state index contributed by atoms with van der Waals surface area (Å²) in [7, 11) is 0. The van der Waals surface area contributed by atoms with Crippen LogP contribution in [-0.2, 0) is 4.79 Å². The first-order chi connectivity index (χ1) is 10.9. The Morgan fingerprint density at radius 1 is 1.30 bits per heavy atom. The highest BCUT2D eigenvalue weighted by Gasteiger charge is 2.47. The molecule has 1 saturated heterocycles. The van der Waals surface area contributed by atoms with Gasteiger partial charge in [0.05, 0.1) is 17.2 Å². The van der Waals surface area contributed by atoms with Crippen molar-refractivity contribution < 1.29 is 14.7 Å². The van der Waals surface area contributed by atoms with Gasteiger partial charge in [-0.25, -0.2) is 9.97 Å². The Hall–Kier alpha value is -1.98. The van der Waals surface area contributed by atoms with Crippen LogP contribution in [-0.4, -0.2) is 44.9 Å². The zero-order chi connectivity index (χ0) is 16.7. The molecule has 2 heterocycles. The van der Waals surface area contributed by atoms with E-state index < -0.39 is 11.9 Å². The predicted molar refractivity (Wildman–Crippen MR) is 84.1 cm³/mol. The number of likely N-dealkylation sites (tertiary alicyclic amines) is 1. The maximum absolute atomic E-state index is 12.9. The van der Waals surface area contributed by atoms with E-state index >= 15 is 0 Å². The van der Waals surface area contributed by atoms with Gasteiger partial charge in [-0.3, -0.25) is 9.59 Å². The molecule has 1 aliphatic carbocycles. The molecule has 23 heavy (non-hydrogen) atoms. The van der Waals surface area contributed by atoms with E-state index in [9.17, 15) is 14.7 Å². The van der Waals surface area contributed by atoms with Crippen molar-refractivity contribution >= 4 is 11.9 Å². The largest absolute Gasteiger partial charge is 0.481 e. The van der Waals surface area contributed by atoms with Gasteiger partial charge in [0.25, 0.3) is 5.91 Å². The SMILES string of the molecule is Cc1ncc(C(=O)N2C[C@H](C(=O)O)[C@@H](C3CC3)C2)c(C(C)C)n1. The zero-order valence-corrected chi connectivity index (χ0v) is 13.8. The lowest BCUT2D eigenvalue weighted by Gasteiger charge is -2.19. The molecule has 2 aliphatic rings. The molecule has 1 saturated carbocycles. The lowest BCUT2D eigenvalue weighted by Crippen LogP contribution is -2.31. The highest BCUT2D eigenvalue weighted by atomic mass is 16.4. The fourth-order valence-corrected chi connectivity index (χ4v) is 3.52. The van der Waals surface area contributed by atoms with Crippen LogP contribution < -0.4 is 0 Å². The van der Waals surface area contributed by atoms with Crippen LogP contribution in [0.4, 0.5) is 0 Å². The molecule has 0 aromatic carbocycles. The molecule has 0 spiro atoms. The molecule has 124 valence electrons. The van der Waals surface area contributed by atoms with E-state index in [-0.39, 0.29) is 17.7 Å². The van der Waals surface area contributed by atoms with Gasteiger partial charge in [0, 0.05) is 19.3 Å². The predicted octanol–water partition coefficient (Wildman–Crippen LogP) is 2.09. The van der Waals surface area contributed by atoms with Gasteiger partial charge in [0.15, 0.2) is 0 Å². The number of amides is 1. The van der Waals surface area contributed by atoms with Crippen molar-refractivity contribution in [2.45, 2.75) is 39.5 Å². The first-order valence-electron chi connectivity index (χ1n) is 8.24.